The van der Waals surface area contributed by atoms with E-state index in [1.165, 1.54) is 19.1 Å². The van der Waals surface area contributed by atoms with Gasteiger partial charge < -0.3 is 110 Å². The van der Waals surface area contributed by atoms with Crippen molar-refractivity contribution in [2.24, 2.45) is 5.11 Å². The van der Waals surface area contributed by atoms with Gasteiger partial charge in [0, 0.05) is 66.8 Å². The molecule has 3 aromatic rings. The third-order valence-electron chi connectivity index (χ3n) is 15.8. The van der Waals surface area contributed by atoms with Crippen LogP contribution in [0, 0.1) is 0 Å². The van der Waals surface area contributed by atoms with Crippen molar-refractivity contribution in [3.63, 3.8) is 0 Å². The number of azide groups is 1. The lowest BCUT2D eigenvalue weighted by Crippen LogP contribution is -2.72. The molecule has 2 N–H and O–H groups in total. The number of rotatable bonds is 45. The van der Waals surface area contributed by atoms with Crippen molar-refractivity contribution in [1.82, 2.24) is 10.6 Å². The van der Waals surface area contributed by atoms with Crippen LogP contribution in [0.25, 0.3) is 10.4 Å². The van der Waals surface area contributed by atoms with Crippen molar-refractivity contribution in [1.29, 1.82) is 0 Å². The smallest absolute Gasteiger partial charge is 0.366 e. The number of carbonyl (C=O) groups excluding carboxylic acids is 10. The molecule has 0 aliphatic carbocycles. The Kier molecular flexibility index (Phi) is 37.7. The van der Waals surface area contributed by atoms with E-state index >= 15 is 4.79 Å². The van der Waals surface area contributed by atoms with Crippen molar-refractivity contribution >= 4 is 59.6 Å². The summed E-state index contributed by atoms with van der Waals surface area (Å²) in [6.45, 7) is 8.30. The molecule has 0 unspecified atom stereocenters. The van der Waals surface area contributed by atoms with E-state index in [1.807, 2.05) is 18.2 Å². The summed E-state index contributed by atoms with van der Waals surface area (Å²) >= 11 is 0. The second-order valence-electron chi connectivity index (χ2n) is 24.2. The molecule has 3 heterocycles. The van der Waals surface area contributed by atoms with E-state index in [9.17, 15) is 43.2 Å². The third kappa shape index (κ3) is 29.7. The number of hydrogen-bond donors (Lipinski definition) is 2. The van der Waals surface area contributed by atoms with E-state index in [-0.39, 0.29) is 78.2 Å². The van der Waals surface area contributed by atoms with Crippen molar-refractivity contribution < 1.29 is 147 Å². The SMILES string of the molecule is COC(=O)[C@@]1(O[C@H]2[C@@H](OC(C)=O)[C@@H](COC(=O)c3ccccc3)O[C@@H](O[C@H]3[C@H](OCc4ccccc4)[C@@H](NC(C)=O)[C@H](OCCOCCOCCOCCOCCOCCN=[N+]=[N-])O[C@@H]3COCc3ccccc3)[C@@H]2OC(C)=O)C[C@H](OC(C)=O)[C@@H](NC(C)=O)[C@H]([C@H](OC(C)=O)[C@@H](COC(C)=O)OC(C)=O)O1. The van der Waals surface area contributed by atoms with Gasteiger partial charge in [-0.2, -0.15) is 0 Å². The maximum Gasteiger partial charge on any atom is 0.366 e. The van der Waals surface area contributed by atoms with Crippen LogP contribution in [0.1, 0.15) is 83.3 Å². The van der Waals surface area contributed by atoms with Gasteiger partial charge in [0.25, 0.3) is 5.79 Å². The molecule has 3 fully saturated rings. The van der Waals surface area contributed by atoms with E-state index in [1.54, 1.807) is 60.7 Å². The average Bonchev–Trinajstić information content (AvgIpc) is 0.743. The molecule has 590 valence electrons. The predicted molar refractivity (Wildman–Crippen MR) is 363 cm³/mol. The second kappa shape index (κ2) is 46.4. The molecular formula is C71H95N5O31. The summed E-state index contributed by atoms with van der Waals surface area (Å²) in [6, 6.07) is 22.5. The normalized spacial score (nSPS) is 24.5. The van der Waals surface area contributed by atoms with E-state index < -0.39 is 177 Å². The first-order valence-electron chi connectivity index (χ1n) is 34.4. The van der Waals surface area contributed by atoms with Gasteiger partial charge >= 0.3 is 47.8 Å². The third-order valence-corrected chi connectivity index (χ3v) is 15.8. The van der Waals surface area contributed by atoms with Crippen LogP contribution in [0.3, 0.4) is 0 Å². The molecular weight excluding hydrogens is 1420 g/mol. The first kappa shape index (κ1) is 87.1. The Morgan fingerprint density at radius 2 is 1.04 bits per heavy atom. The predicted octanol–water partition coefficient (Wildman–Crippen LogP) is 3.16. The fraction of sp³-hybridized carbons (Fsp3) is 0.606. The number of nitrogens with one attached hydrogen (secondary N) is 2. The molecule has 3 aliphatic heterocycles. The summed E-state index contributed by atoms with van der Waals surface area (Å²) in [7, 11) is 0.886. The highest BCUT2D eigenvalue weighted by Crippen LogP contribution is 2.42. The zero-order valence-corrected chi connectivity index (χ0v) is 61.0. The Hall–Kier alpha value is -8.85. The maximum atomic E-state index is 15.2. The summed E-state index contributed by atoms with van der Waals surface area (Å²) in [4.78, 5) is 138. The fourth-order valence-corrected chi connectivity index (χ4v) is 11.5. The number of ether oxygens (including phenoxy) is 21. The Balaban J connectivity index is 1.45. The molecule has 0 spiro atoms. The van der Waals surface area contributed by atoms with Gasteiger partial charge in [-0.25, -0.2) is 9.59 Å². The number of nitrogens with zero attached hydrogens (tertiary/aromatic N) is 3. The van der Waals surface area contributed by atoms with Gasteiger partial charge in [0.05, 0.1) is 118 Å². The molecule has 0 aromatic heterocycles. The molecule has 16 atom stereocenters. The Bertz CT molecular complexity index is 3340. The van der Waals surface area contributed by atoms with Crippen LogP contribution in [0.5, 0.6) is 0 Å². The molecule has 107 heavy (non-hydrogen) atoms. The van der Waals surface area contributed by atoms with Gasteiger partial charge in [-0.1, -0.05) is 84.0 Å². The number of amides is 2. The van der Waals surface area contributed by atoms with Gasteiger partial charge in [-0.15, -0.1) is 0 Å². The quantitative estimate of drug-likeness (QED) is 0.0205. The highest BCUT2D eigenvalue weighted by Gasteiger charge is 2.64. The van der Waals surface area contributed by atoms with Gasteiger partial charge in [0.2, 0.25) is 11.8 Å². The van der Waals surface area contributed by atoms with Crippen LogP contribution in [0.4, 0.5) is 0 Å². The van der Waals surface area contributed by atoms with E-state index in [0.717, 1.165) is 61.1 Å². The largest absolute Gasteiger partial charge is 0.465 e. The van der Waals surface area contributed by atoms with Gasteiger partial charge in [0.1, 0.15) is 62.0 Å². The number of benzene rings is 3. The molecule has 0 bridgehead atoms. The van der Waals surface area contributed by atoms with Crippen molar-refractivity contribution in [3.8, 4) is 0 Å². The second-order valence-corrected chi connectivity index (χ2v) is 24.2. The Labute approximate surface area is 617 Å². The molecule has 36 nitrogen and oxygen atoms in total. The van der Waals surface area contributed by atoms with E-state index in [0.29, 0.717) is 32.0 Å². The Morgan fingerprint density at radius 1 is 0.523 bits per heavy atom. The first-order chi connectivity index (χ1) is 51.4. The molecule has 3 aliphatic rings. The highest BCUT2D eigenvalue weighted by molar-refractivity contribution is 5.89. The van der Waals surface area contributed by atoms with E-state index in [4.69, 9.17) is 105 Å². The number of carbonyl (C=O) groups is 10. The zero-order valence-electron chi connectivity index (χ0n) is 61.0. The monoisotopic (exact) mass is 1510 g/mol. The van der Waals surface area contributed by atoms with Crippen LogP contribution in [-0.4, -0.2) is 263 Å². The van der Waals surface area contributed by atoms with Crippen LogP contribution < -0.4 is 10.6 Å². The standard InChI is InChI=1S/C71H95N5O31/c1-43(77)74-58-54(98-46(4)80)37-71(70(86)87-9,106-64(58)61(100-48(6)82)56(99-47(5)81)41-95-45(3)79)107-65-62(101-49(7)83)57(42-97-67(85)53-23-17-12-18-24-53)104-69(66(65)102-50(8)84)105-60-55(40-93-38-51-19-13-10-14-20-51)103-68(59(75-44(2)78)63(60)96-39-52-21-15-11-16-22-52)94-36-35-92-34-33-91-32-31-90-30-29-89-28-27-88-26-25-73-76-72/h10-24,54-66,68-69H,25-42H2,1-9H3,(H,74,77)(H,75,78)/t54-,55+,56+,57+,58+,59+,60+,61+,62-,63+,64+,65-,66+,68+,69-,71-/m0/s1. The molecule has 6 rings (SSSR count). The minimum absolute atomic E-state index is 0.0126. The van der Waals surface area contributed by atoms with Gasteiger partial charge in [-0.3, -0.25) is 38.4 Å². The molecule has 2 amide bonds. The number of hydrogen-bond acceptors (Lipinski definition) is 32. The topological polar surface area (TPSA) is 437 Å². The Morgan fingerprint density at radius 3 is 1.57 bits per heavy atom. The summed E-state index contributed by atoms with van der Waals surface area (Å²) < 4.78 is 128. The minimum Gasteiger partial charge on any atom is -0.465 e. The summed E-state index contributed by atoms with van der Waals surface area (Å²) in [5.41, 5.74) is 9.76. The minimum atomic E-state index is -3.15. The molecule has 0 saturated carbocycles. The average molecular weight is 1510 g/mol. The van der Waals surface area contributed by atoms with Crippen LogP contribution >= 0.6 is 0 Å². The summed E-state index contributed by atoms with van der Waals surface area (Å²) in [5.74, 6) is -13.3. The number of methoxy groups -OCH3 is 1. The maximum absolute atomic E-state index is 15.2. The van der Waals surface area contributed by atoms with Crippen molar-refractivity contribution in [2.45, 2.75) is 173 Å². The molecule has 0 radical (unpaired) electrons. The highest BCUT2D eigenvalue weighted by atomic mass is 16.8. The van der Waals surface area contributed by atoms with Crippen molar-refractivity contribution in [3.05, 3.63) is 118 Å². The molecule has 36 heteroatoms. The first-order valence-corrected chi connectivity index (χ1v) is 34.4. The zero-order chi connectivity index (χ0) is 77.7. The van der Waals surface area contributed by atoms with E-state index in [2.05, 4.69) is 20.7 Å². The lowest BCUT2D eigenvalue weighted by molar-refractivity contribution is -0.384. The van der Waals surface area contributed by atoms with Crippen LogP contribution in [0.15, 0.2) is 96.1 Å². The van der Waals surface area contributed by atoms with Crippen LogP contribution in [-0.2, 0) is 156 Å². The fourth-order valence-electron chi connectivity index (χ4n) is 11.5. The van der Waals surface area contributed by atoms with Crippen LogP contribution in [0.2, 0.25) is 0 Å². The van der Waals surface area contributed by atoms with Crippen molar-refractivity contribution in [2.75, 3.05) is 106 Å². The van der Waals surface area contributed by atoms with Gasteiger partial charge in [-0.05, 0) is 28.8 Å². The summed E-state index contributed by atoms with van der Waals surface area (Å²) in [5, 5.41) is 8.87. The lowest BCUT2D eigenvalue weighted by atomic mass is 9.87. The summed E-state index contributed by atoms with van der Waals surface area (Å²) in [6.07, 6.45) is -25.0. The molecule has 3 saturated heterocycles. The molecule has 3 aromatic carbocycles. The lowest BCUT2D eigenvalue weighted by Gasteiger charge is -2.52. The number of esters is 8. The van der Waals surface area contributed by atoms with Gasteiger partial charge in [0.15, 0.2) is 37.0 Å².